The van der Waals surface area contributed by atoms with Gasteiger partial charge in [-0.15, -0.1) is 11.3 Å². The van der Waals surface area contributed by atoms with Gasteiger partial charge in [-0.1, -0.05) is 0 Å². The highest BCUT2D eigenvalue weighted by Gasteiger charge is 2.37. The third-order valence-electron chi connectivity index (χ3n) is 7.16. The van der Waals surface area contributed by atoms with Crippen molar-refractivity contribution in [1.29, 1.82) is 0 Å². The second-order valence-corrected chi connectivity index (χ2v) is 12.0. The number of aromatic amines is 1. The summed E-state index contributed by atoms with van der Waals surface area (Å²) in [6, 6.07) is 5.04. The molecule has 39 heavy (non-hydrogen) atoms. The zero-order valence-corrected chi connectivity index (χ0v) is 23.0. The highest BCUT2D eigenvalue weighted by atomic mass is 32.1. The number of hydrogen-bond acceptors (Lipinski definition) is 8. The van der Waals surface area contributed by atoms with Crippen molar-refractivity contribution in [3.05, 3.63) is 41.2 Å². The minimum absolute atomic E-state index is 0.0442. The van der Waals surface area contributed by atoms with Crippen molar-refractivity contribution in [1.82, 2.24) is 30.4 Å². The highest BCUT2D eigenvalue weighted by molar-refractivity contribution is 7.19. The molecule has 1 aliphatic rings. The van der Waals surface area contributed by atoms with E-state index in [1.807, 2.05) is 18.2 Å². The van der Waals surface area contributed by atoms with E-state index >= 15 is 0 Å². The van der Waals surface area contributed by atoms with Crippen LogP contribution in [0, 0.1) is 5.92 Å². The number of aliphatic hydroxyl groups is 1. The second kappa shape index (κ2) is 10.8. The molecule has 1 unspecified atom stereocenters. The van der Waals surface area contributed by atoms with E-state index in [-0.39, 0.29) is 24.9 Å². The maximum atomic E-state index is 13.1. The minimum atomic E-state index is -1.18. The first-order chi connectivity index (χ1) is 18.7. The average molecular weight is 552 g/mol. The third kappa shape index (κ3) is 5.52. The summed E-state index contributed by atoms with van der Waals surface area (Å²) in [5.74, 6) is 0.607. The van der Waals surface area contributed by atoms with Crippen molar-refractivity contribution < 1.29 is 19.8 Å². The number of H-pyrrole nitrogens is 1. The highest BCUT2D eigenvalue weighted by Crippen LogP contribution is 2.40. The lowest BCUT2D eigenvalue weighted by Gasteiger charge is -2.38. The number of thiophene rings is 1. The predicted octanol–water partition coefficient (Wildman–Crippen LogP) is 4.06. The van der Waals surface area contributed by atoms with Crippen LogP contribution in [0.2, 0.25) is 0 Å². The number of aromatic nitrogens is 4. The fourth-order valence-corrected chi connectivity index (χ4v) is 6.66. The molecular formula is C27H33N7O4S. The molecular weight excluding hydrogens is 518 g/mol. The number of hydrogen-bond donors (Lipinski definition) is 5. The Morgan fingerprint density at radius 2 is 2.10 bits per heavy atom. The zero-order valence-electron chi connectivity index (χ0n) is 22.2. The largest absolute Gasteiger partial charge is 0.465 e. The van der Waals surface area contributed by atoms with Crippen molar-refractivity contribution in [3.63, 3.8) is 0 Å². The summed E-state index contributed by atoms with van der Waals surface area (Å²) >= 11 is 1.66. The molecule has 0 bridgehead atoms. The molecule has 0 spiro atoms. The van der Waals surface area contributed by atoms with Crippen LogP contribution in [-0.2, 0) is 17.6 Å². The Kier molecular flexibility index (Phi) is 7.41. The Labute approximate surface area is 229 Å². The van der Waals surface area contributed by atoms with Crippen molar-refractivity contribution >= 4 is 56.0 Å². The van der Waals surface area contributed by atoms with Crippen molar-refractivity contribution in [2.24, 2.45) is 5.92 Å². The van der Waals surface area contributed by atoms with Crippen LogP contribution in [0.3, 0.4) is 0 Å². The Morgan fingerprint density at radius 1 is 1.28 bits per heavy atom. The summed E-state index contributed by atoms with van der Waals surface area (Å²) in [6.07, 6.45) is 4.73. The van der Waals surface area contributed by atoms with Gasteiger partial charge in [-0.3, -0.25) is 14.8 Å². The molecule has 0 radical (unpaired) electrons. The summed E-state index contributed by atoms with van der Waals surface area (Å²) in [4.78, 5) is 37.4. The molecule has 5 rings (SSSR count). The monoisotopic (exact) mass is 551 g/mol. The molecule has 3 heterocycles. The molecule has 12 heteroatoms. The van der Waals surface area contributed by atoms with Crippen molar-refractivity contribution in [3.8, 4) is 0 Å². The van der Waals surface area contributed by atoms with E-state index in [2.05, 4.69) is 30.8 Å². The van der Waals surface area contributed by atoms with Gasteiger partial charge < -0.3 is 20.8 Å². The van der Waals surface area contributed by atoms with Gasteiger partial charge >= 0.3 is 6.09 Å². The lowest BCUT2D eigenvalue weighted by Crippen LogP contribution is -2.57. The Balaban J connectivity index is 1.30. The molecule has 3 aromatic heterocycles. The molecule has 2 amide bonds. The van der Waals surface area contributed by atoms with E-state index in [1.165, 1.54) is 10.4 Å². The van der Waals surface area contributed by atoms with Crippen LogP contribution in [0.1, 0.15) is 44.1 Å². The Bertz CT molecular complexity index is 1510. The molecule has 5 N–H and O–H groups in total. The number of aliphatic hydroxyl groups excluding tert-OH is 1. The number of benzene rings is 1. The molecule has 0 saturated carbocycles. The number of aryl methyl sites for hydroxylation is 1. The van der Waals surface area contributed by atoms with E-state index in [9.17, 15) is 19.8 Å². The number of nitrogens with zero attached hydrogens (tertiary/aromatic N) is 4. The summed E-state index contributed by atoms with van der Waals surface area (Å²) in [5, 5.41) is 34.8. The van der Waals surface area contributed by atoms with Crippen LogP contribution >= 0.6 is 11.3 Å². The minimum Gasteiger partial charge on any atom is -0.465 e. The fraction of sp³-hybridized carbons (Fsp3) is 0.444. The van der Waals surface area contributed by atoms with Gasteiger partial charge in [-0.25, -0.2) is 14.8 Å². The topological polar surface area (TPSA) is 156 Å². The molecule has 206 valence electrons. The van der Waals surface area contributed by atoms with Gasteiger partial charge in [0.25, 0.3) is 0 Å². The van der Waals surface area contributed by atoms with Crippen molar-refractivity contribution in [2.75, 3.05) is 18.5 Å². The number of rotatable bonds is 8. The van der Waals surface area contributed by atoms with E-state index in [0.29, 0.717) is 6.54 Å². The molecule has 1 aromatic carbocycles. The fourth-order valence-electron chi connectivity index (χ4n) is 5.35. The zero-order chi connectivity index (χ0) is 27.7. The molecule has 4 aromatic rings. The number of amides is 2. The first kappa shape index (κ1) is 26.8. The molecule has 1 aliphatic carbocycles. The summed E-state index contributed by atoms with van der Waals surface area (Å²) in [6.45, 7) is 5.38. The van der Waals surface area contributed by atoms with Crippen LogP contribution in [0.5, 0.6) is 0 Å². The standard InChI is InChI=1S/C27H33N7O4S/c1-27(2,3)34(26(37)38)20(8-9-35)24(36)28-12-15-4-6-18-21(10-15)39-25-22(18)23(29-14-30-25)32-17-5-7-19-16(11-17)13-31-33-19/h5,7,11,13-15,20,35H,4,6,8-10,12H2,1-3H3,(H,28,36)(H,31,33)(H,37,38)(H,29,30,32)/t15?,20-/m1/s1. The molecule has 0 saturated heterocycles. The first-order valence-electron chi connectivity index (χ1n) is 13.0. The smallest absolute Gasteiger partial charge is 0.408 e. The van der Waals surface area contributed by atoms with Crippen LogP contribution in [0.4, 0.5) is 16.3 Å². The van der Waals surface area contributed by atoms with Gasteiger partial charge in [0.15, 0.2) is 0 Å². The number of carbonyl (C=O) groups is 2. The number of carbonyl (C=O) groups excluding carboxylic acids is 1. The quantitative estimate of drug-likeness (QED) is 0.219. The van der Waals surface area contributed by atoms with E-state index in [4.69, 9.17) is 0 Å². The normalized spacial score (nSPS) is 16.2. The molecule has 2 atom stereocenters. The lowest BCUT2D eigenvalue weighted by molar-refractivity contribution is -0.128. The summed E-state index contributed by atoms with van der Waals surface area (Å²) in [5.41, 5.74) is 2.35. The Morgan fingerprint density at radius 3 is 2.85 bits per heavy atom. The van der Waals surface area contributed by atoms with Gasteiger partial charge in [0.05, 0.1) is 17.1 Å². The van der Waals surface area contributed by atoms with Crippen LogP contribution in [0.25, 0.3) is 21.1 Å². The van der Waals surface area contributed by atoms with E-state index in [0.717, 1.165) is 56.8 Å². The molecule has 0 aliphatic heterocycles. The summed E-state index contributed by atoms with van der Waals surface area (Å²) < 4.78 is 0. The van der Waals surface area contributed by atoms with Crippen molar-refractivity contribution in [2.45, 2.75) is 58.0 Å². The molecule has 11 nitrogen and oxygen atoms in total. The van der Waals surface area contributed by atoms with Gasteiger partial charge in [0.2, 0.25) is 5.91 Å². The maximum Gasteiger partial charge on any atom is 0.408 e. The number of nitrogens with one attached hydrogen (secondary N) is 3. The van der Waals surface area contributed by atoms with E-state index in [1.54, 1.807) is 44.6 Å². The number of fused-ring (bicyclic) bond motifs is 4. The molecule has 0 fully saturated rings. The average Bonchev–Trinajstić information content (AvgIpc) is 3.50. The van der Waals surface area contributed by atoms with Crippen LogP contribution < -0.4 is 10.6 Å². The third-order valence-corrected chi connectivity index (χ3v) is 8.32. The van der Waals surface area contributed by atoms with Gasteiger partial charge in [-0.05, 0) is 69.7 Å². The van der Waals surface area contributed by atoms with E-state index < -0.39 is 17.7 Å². The van der Waals surface area contributed by atoms with Crippen LogP contribution in [0.15, 0.2) is 30.7 Å². The summed E-state index contributed by atoms with van der Waals surface area (Å²) in [7, 11) is 0. The van der Waals surface area contributed by atoms with Gasteiger partial charge in [-0.2, -0.15) is 5.10 Å². The maximum absolute atomic E-state index is 13.1. The van der Waals surface area contributed by atoms with Gasteiger partial charge in [0, 0.05) is 41.1 Å². The second-order valence-electron chi connectivity index (χ2n) is 10.9. The number of anilines is 2. The predicted molar refractivity (Wildman–Crippen MR) is 150 cm³/mol. The lowest BCUT2D eigenvalue weighted by atomic mass is 9.87. The number of carboxylic acid groups (broad SMARTS) is 1. The van der Waals surface area contributed by atoms with Gasteiger partial charge in [0.1, 0.15) is 23.0 Å². The van der Waals surface area contributed by atoms with Crippen LogP contribution in [-0.4, -0.2) is 72.0 Å². The first-order valence-corrected chi connectivity index (χ1v) is 13.8. The Hall–Kier alpha value is -3.77. The SMILES string of the molecule is CC(C)(C)N(C(=O)O)[C@H](CCO)C(=O)NCC1CCc2c(sc3ncnc(Nc4ccc5[nH]ncc5c4)c23)C1.